The first-order chi connectivity index (χ1) is 21.8. The van der Waals surface area contributed by atoms with Crippen molar-refractivity contribution in [2.75, 3.05) is 23.7 Å². The fourth-order valence-corrected chi connectivity index (χ4v) is 4.78. The fourth-order valence-electron chi connectivity index (χ4n) is 4.78. The quantitative estimate of drug-likeness (QED) is 0.0889. The van der Waals surface area contributed by atoms with Gasteiger partial charge in [0.1, 0.15) is 11.5 Å². The van der Waals surface area contributed by atoms with Crippen LogP contribution in [0.2, 0.25) is 0 Å². The number of esters is 1. The molecule has 0 aliphatic heterocycles. The standard InChI is InChI=1S/C37H34N2O6/c1-26-14-18-29(19-15-26)38(33-10-6-12-35(23-33)42-4)31-8-5-9-32(22-31)39(30-20-16-27(2)17-21-30)34-11-7-13-36(24-34)45-37(41)44-25-43-28(3)40/h5-24H,25H2,1-4H3. The molecule has 8 nitrogen and oxygen atoms in total. The molecule has 0 aromatic heterocycles. The first kappa shape index (κ1) is 30.7. The Balaban J connectivity index is 1.56. The number of nitrogens with zero attached hydrogens (tertiary/aromatic N) is 2. The van der Waals surface area contributed by atoms with E-state index in [1.807, 2.05) is 73.7 Å². The van der Waals surface area contributed by atoms with Crippen LogP contribution in [-0.2, 0) is 14.3 Å². The number of benzene rings is 5. The number of methoxy groups -OCH3 is 1. The maximum absolute atomic E-state index is 12.2. The Bertz CT molecular complexity index is 1770. The van der Waals surface area contributed by atoms with E-state index < -0.39 is 18.9 Å². The summed E-state index contributed by atoms with van der Waals surface area (Å²) in [5, 5.41) is 0. The molecule has 0 aliphatic carbocycles. The molecule has 5 rings (SSSR count). The first-order valence-electron chi connectivity index (χ1n) is 14.4. The summed E-state index contributed by atoms with van der Waals surface area (Å²) in [7, 11) is 1.66. The average Bonchev–Trinajstić information content (AvgIpc) is 3.03. The Labute approximate surface area is 263 Å². The predicted octanol–water partition coefficient (Wildman–Crippen LogP) is 9.29. The van der Waals surface area contributed by atoms with Gasteiger partial charge in [0.05, 0.1) is 7.11 Å². The second kappa shape index (κ2) is 14.1. The molecule has 228 valence electrons. The zero-order chi connectivity index (χ0) is 31.8. The number of carbonyl (C=O) groups is 2. The molecule has 0 bridgehead atoms. The lowest BCUT2D eigenvalue weighted by Crippen LogP contribution is -2.15. The van der Waals surface area contributed by atoms with E-state index in [9.17, 15) is 9.59 Å². The molecule has 0 aliphatic rings. The fraction of sp³-hybridized carbons (Fsp3) is 0.135. The molecule has 0 N–H and O–H groups in total. The van der Waals surface area contributed by atoms with Gasteiger partial charge in [-0.05, 0) is 80.6 Å². The van der Waals surface area contributed by atoms with Crippen LogP contribution in [0.1, 0.15) is 18.1 Å². The van der Waals surface area contributed by atoms with Crippen molar-refractivity contribution in [3.8, 4) is 11.5 Å². The summed E-state index contributed by atoms with van der Waals surface area (Å²) in [6.07, 6.45) is -0.982. The number of aryl methyl sites for hydroxylation is 2. The van der Waals surface area contributed by atoms with Crippen LogP contribution in [-0.4, -0.2) is 26.0 Å². The van der Waals surface area contributed by atoms with Crippen molar-refractivity contribution in [1.29, 1.82) is 0 Å². The SMILES string of the molecule is COc1cccc(N(c2ccc(C)cc2)c2cccc(N(c3ccc(C)cc3)c3cccc(OC(=O)OCOC(C)=O)c3)c2)c1. The summed E-state index contributed by atoms with van der Waals surface area (Å²) < 4.78 is 20.5. The normalized spacial score (nSPS) is 10.5. The number of hydrogen-bond acceptors (Lipinski definition) is 8. The highest BCUT2D eigenvalue weighted by molar-refractivity contribution is 5.83. The van der Waals surface area contributed by atoms with Crippen molar-refractivity contribution in [2.24, 2.45) is 0 Å². The second-order valence-electron chi connectivity index (χ2n) is 10.3. The summed E-state index contributed by atoms with van der Waals surface area (Å²) in [5.74, 6) is 0.463. The van der Waals surface area contributed by atoms with E-state index in [0.29, 0.717) is 0 Å². The maximum Gasteiger partial charge on any atom is 0.516 e. The predicted molar refractivity (Wildman–Crippen MR) is 176 cm³/mol. The summed E-state index contributed by atoms with van der Waals surface area (Å²) in [4.78, 5) is 27.5. The maximum atomic E-state index is 12.2. The first-order valence-corrected chi connectivity index (χ1v) is 14.4. The number of ether oxygens (including phenoxy) is 4. The Hall–Kier alpha value is -5.76. The van der Waals surface area contributed by atoms with Gasteiger partial charge in [0.25, 0.3) is 0 Å². The second-order valence-corrected chi connectivity index (χ2v) is 10.3. The van der Waals surface area contributed by atoms with Crippen molar-refractivity contribution in [3.63, 3.8) is 0 Å². The van der Waals surface area contributed by atoms with Crippen LogP contribution in [0.15, 0.2) is 121 Å². The van der Waals surface area contributed by atoms with Crippen LogP contribution in [0.3, 0.4) is 0 Å². The van der Waals surface area contributed by atoms with Crippen LogP contribution in [0.4, 0.5) is 38.9 Å². The highest BCUT2D eigenvalue weighted by Gasteiger charge is 2.18. The van der Waals surface area contributed by atoms with Gasteiger partial charge >= 0.3 is 12.1 Å². The Morgan fingerprint density at radius 1 is 0.556 bits per heavy atom. The topological polar surface area (TPSA) is 77.5 Å². The molecule has 0 spiro atoms. The van der Waals surface area contributed by atoms with Crippen molar-refractivity contribution in [1.82, 2.24) is 0 Å². The van der Waals surface area contributed by atoms with Gasteiger partial charge in [0.2, 0.25) is 6.79 Å². The third kappa shape index (κ3) is 7.80. The van der Waals surface area contributed by atoms with E-state index >= 15 is 0 Å². The van der Waals surface area contributed by atoms with E-state index in [1.54, 1.807) is 25.3 Å². The van der Waals surface area contributed by atoms with Gasteiger partial charge in [-0.3, -0.25) is 4.79 Å². The Morgan fingerprint density at radius 2 is 1.00 bits per heavy atom. The zero-order valence-electron chi connectivity index (χ0n) is 25.6. The van der Waals surface area contributed by atoms with Crippen LogP contribution in [0.25, 0.3) is 0 Å². The smallest absolute Gasteiger partial charge is 0.497 e. The van der Waals surface area contributed by atoms with Gasteiger partial charge in [-0.15, -0.1) is 0 Å². The molecule has 0 fully saturated rings. The highest BCUT2D eigenvalue weighted by Crippen LogP contribution is 2.41. The van der Waals surface area contributed by atoms with Gasteiger partial charge in [-0.1, -0.05) is 53.6 Å². The minimum Gasteiger partial charge on any atom is -0.497 e. The Morgan fingerprint density at radius 3 is 1.49 bits per heavy atom. The molecule has 0 saturated carbocycles. The van der Waals surface area contributed by atoms with Crippen LogP contribution in [0, 0.1) is 13.8 Å². The summed E-state index contributed by atoms with van der Waals surface area (Å²) >= 11 is 0. The van der Waals surface area contributed by atoms with Crippen LogP contribution in [0.5, 0.6) is 11.5 Å². The van der Waals surface area contributed by atoms with E-state index in [2.05, 4.69) is 57.9 Å². The number of anilines is 6. The lowest BCUT2D eigenvalue weighted by Gasteiger charge is -2.29. The molecule has 5 aromatic carbocycles. The molecule has 0 atom stereocenters. The number of carbonyl (C=O) groups excluding carboxylic acids is 2. The third-order valence-electron chi connectivity index (χ3n) is 6.96. The van der Waals surface area contributed by atoms with Crippen molar-refractivity contribution in [3.05, 3.63) is 132 Å². The molecule has 5 aromatic rings. The van der Waals surface area contributed by atoms with Gasteiger partial charge in [0, 0.05) is 53.2 Å². The summed E-state index contributed by atoms with van der Waals surface area (Å²) in [5.41, 5.74) is 7.72. The van der Waals surface area contributed by atoms with Crippen molar-refractivity contribution >= 4 is 46.2 Å². The molecule has 0 amide bonds. The van der Waals surface area contributed by atoms with Crippen molar-refractivity contribution < 1.29 is 28.5 Å². The molecule has 0 saturated heterocycles. The molecule has 8 heteroatoms. The van der Waals surface area contributed by atoms with E-state index in [-0.39, 0.29) is 5.75 Å². The molecule has 0 unspecified atom stereocenters. The Kier molecular flexibility index (Phi) is 9.64. The third-order valence-corrected chi connectivity index (χ3v) is 6.96. The minimum atomic E-state index is -0.982. The molecular formula is C37H34N2O6. The highest BCUT2D eigenvalue weighted by atomic mass is 16.8. The van der Waals surface area contributed by atoms with Gasteiger partial charge in [-0.2, -0.15) is 0 Å². The van der Waals surface area contributed by atoms with Crippen molar-refractivity contribution in [2.45, 2.75) is 20.8 Å². The minimum absolute atomic E-state index is 0.270. The molecule has 0 radical (unpaired) electrons. The molecule has 45 heavy (non-hydrogen) atoms. The summed E-state index contributed by atoms with van der Waals surface area (Å²) in [6, 6.07) is 39.9. The van der Waals surface area contributed by atoms with E-state index in [0.717, 1.165) is 45.4 Å². The lowest BCUT2D eigenvalue weighted by molar-refractivity contribution is -0.149. The zero-order valence-corrected chi connectivity index (χ0v) is 25.6. The average molecular weight is 603 g/mol. The van der Waals surface area contributed by atoms with Gasteiger partial charge in [-0.25, -0.2) is 4.79 Å². The van der Waals surface area contributed by atoms with Gasteiger partial charge < -0.3 is 28.7 Å². The van der Waals surface area contributed by atoms with E-state index in [4.69, 9.17) is 14.2 Å². The largest absolute Gasteiger partial charge is 0.516 e. The lowest BCUT2D eigenvalue weighted by atomic mass is 10.1. The summed E-state index contributed by atoms with van der Waals surface area (Å²) in [6.45, 7) is 4.81. The monoisotopic (exact) mass is 602 g/mol. The van der Waals surface area contributed by atoms with E-state index in [1.165, 1.54) is 12.5 Å². The van der Waals surface area contributed by atoms with Crippen LogP contribution >= 0.6 is 0 Å². The van der Waals surface area contributed by atoms with Crippen LogP contribution < -0.4 is 19.3 Å². The number of rotatable bonds is 10. The number of hydrogen-bond donors (Lipinski definition) is 0. The van der Waals surface area contributed by atoms with Gasteiger partial charge in [0.15, 0.2) is 0 Å². The molecule has 0 heterocycles. The molecular weight excluding hydrogens is 568 g/mol.